The molecule has 0 saturated carbocycles. The molecule has 4 nitrogen and oxygen atoms in total. The van der Waals surface area contributed by atoms with Crippen molar-refractivity contribution in [2.75, 3.05) is 6.61 Å². The summed E-state index contributed by atoms with van der Waals surface area (Å²) in [5.74, 6) is -0.125. The maximum absolute atomic E-state index is 13.6. The smallest absolute Gasteiger partial charge is 0.270 e. The molecule has 4 aromatic rings. The summed E-state index contributed by atoms with van der Waals surface area (Å²) in [6, 6.07) is 17.1. The van der Waals surface area contributed by atoms with Gasteiger partial charge in [-0.15, -0.1) is 0 Å². The van der Waals surface area contributed by atoms with Gasteiger partial charge in [0, 0.05) is 15.6 Å². The van der Waals surface area contributed by atoms with Crippen molar-refractivity contribution in [2.24, 2.45) is 0 Å². The predicted octanol–water partition coefficient (Wildman–Crippen LogP) is 5.96. The molecule has 1 aliphatic heterocycles. The molecule has 30 heavy (non-hydrogen) atoms. The second kappa shape index (κ2) is 7.18. The molecule has 0 N–H and O–H groups in total. The number of rotatable bonds is 2. The number of fused-ring (bicyclic) bond motifs is 3. The maximum Gasteiger partial charge on any atom is 0.270 e. The summed E-state index contributed by atoms with van der Waals surface area (Å²) in [5.41, 5.74) is 2.89. The fourth-order valence-electron chi connectivity index (χ4n) is 3.53. The highest BCUT2D eigenvalue weighted by molar-refractivity contribution is 9.10. The molecule has 1 aromatic heterocycles. The Hall–Kier alpha value is -3.32. The van der Waals surface area contributed by atoms with Crippen LogP contribution < -0.4 is 4.74 Å². The number of halogens is 3. The van der Waals surface area contributed by atoms with Crippen LogP contribution >= 0.6 is 15.9 Å². The molecule has 5 rings (SSSR count). The Morgan fingerprint density at radius 3 is 2.20 bits per heavy atom. The monoisotopic (exact) mass is 466 g/mol. The molecular weight excluding hydrogens is 454 g/mol. The average molecular weight is 467 g/mol. The lowest BCUT2D eigenvalue weighted by Gasteiger charge is -2.09. The average Bonchev–Trinajstić information content (AvgIpc) is 3.08. The largest absolute Gasteiger partial charge is 0.483 e. The van der Waals surface area contributed by atoms with Gasteiger partial charge in [-0.1, -0.05) is 15.9 Å². The van der Waals surface area contributed by atoms with Crippen molar-refractivity contribution in [1.29, 1.82) is 0 Å². The third-order valence-electron chi connectivity index (χ3n) is 4.90. The standard InChI is InChI=1S/C23H13BrF2N2O2/c24-15-5-10-19-18(11-15)23-27-21(13-1-6-16(25)7-2-13)22(28(23)20(29)12-30-19)14-3-8-17(26)9-4-14/h1-11H,12H2. The van der Waals surface area contributed by atoms with Gasteiger partial charge in [-0.3, -0.25) is 9.36 Å². The first kappa shape index (κ1) is 18.7. The number of hydrogen-bond acceptors (Lipinski definition) is 3. The summed E-state index contributed by atoms with van der Waals surface area (Å²) in [5, 5.41) is 0. The molecule has 0 bridgehead atoms. The van der Waals surface area contributed by atoms with E-state index in [1.807, 2.05) is 12.1 Å². The zero-order valence-electron chi connectivity index (χ0n) is 15.4. The highest BCUT2D eigenvalue weighted by Gasteiger charge is 2.29. The topological polar surface area (TPSA) is 44.1 Å². The molecule has 0 fully saturated rings. The van der Waals surface area contributed by atoms with Gasteiger partial charge in [0.1, 0.15) is 17.4 Å². The first-order chi connectivity index (χ1) is 14.5. The number of carbonyl (C=O) groups excluding carboxylic acids is 1. The number of nitrogens with zero attached hydrogens (tertiary/aromatic N) is 2. The summed E-state index contributed by atoms with van der Waals surface area (Å²) in [6.07, 6.45) is 0. The van der Waals surface area contributed by atoms with Crippen LogP contribution in [0.2, 0.25) is 0 Å². The second-order valence-corrected chi connectivity index (χ2v) is 7.72. The molecule has 0 unspecified atom stereocenters. The van der Waals surface area contributed by atoms with E-state index in [-0.39, 0.29) is 24.1 Å². The number of aromatic nitrogens is 2. The molecule has 1 aliphatic rings. The molecule has 2 heterocycles. The third kappa shape index (κ3) is 3.11. The van der Waals surface area contributed by atoms with Gasteiger partial charge in [0.05, 0.1) is 17.0 Å². The number of hydrogen-bond donors (Lipinski definition) is 0. The number of carbonyl (C=O) groups is 1. The van der Waals surface area contributed by atoms with Crippen LogP contribution in [-0.2, 0) is 0 Å². The van der Waals surface area contributed by atoms with Gasteiger partial charge in [0.2, 0.25) is 0 Å². The van der Waals surface area contributed by atoms with E-state index in [1.165, 1.54) is 28.8 Å². The number of imidazole rings is 1. The van der Waals surface area contributed by atoms with Crippen LogP contribution in [0, 0.1) is 11.6 Å². The van der Waals surface area contributed by atoms with E-state index in [1.54, 1.807) is 30.3 Å². The Morgan fingerprint density at radius 1 is 0.900 bits per heavy atom. The summed E-state index contributed by atoms with van der Waals surface area (Å²) in [6.45, 7) is -0.172. The molecule has 0 saturated heterocycles. The van der Waals surface area contributed by atoms with Crippen LogP contribution in [0.3, 0.4) is 0 Å². The predicted molar refractivity (Wildman–Crippen MR) is 112 cm³/mol. The van der Waals surface area contributed by atoms with Crippen molar-refractivity contribution in [3.8, 4) is 39.7 Å². The summed E-state index contributed by atoms with van der Waals surface area (Å²) < 4.78 is 35.1. The Morgan fingerprint density at radius 2 is 1.53 bits per heavy atom. The van der Waals surface area contributed by atoms with E-state index in [2.05, 4.69) is 15.9 Å². The Labute approximate surface area is 178 Å². The van der Waals surface area contributed by atoms with Gasteiger partial charge in [0.25, 0.3) is 5.91 Å². The minimum Gasteiger partial charge on any atom is -0.483 e. The van der Waals surface area contributed by atoms with Gasteiger partial charge in [-0.25, -0.2) is 13.8 Å². The second-order valence-electron chi connectivity index (χ2n) is 6.80. The van der Waals surface area contributed by atoms with E-state index in [0.29, 0.717) is 39.7 Å². The van der Waals surface area contributed by atoms with Gasteiger partial charge in [-0.05, 0) is 66.7 Å². The van der Waals surface area contributed by atoms with Gasteiger partial charge < -0.3 is 4.74 Å². The summed E-state index contributed by atoms with van der Waals surface area (Å²) in [7, 11) is 0. The Kier molecular flexibility index (Phi) is 4.47. The Balaban J connectivity index is 1.85. The van der Waals surface area contributed by atoms with E-state index in [9.17, 15) is 13.6 Å². The molecule has 0 amide bonds. The first-order valence-electron chi connectivity index (χ1n) is 9.12. The van der Waals surface area contributed by atoms with Crippen LogP contribution in [0.15, 0.2) is 71.2 Å². The number of benzene rings is 3. The summed E-state index contributed by atoms with van der Waals surface area (Å²) in [4.78, 5) is 17.8. The highest BCUT2D eigenvalue weighted by Crippen LogP contribution is 2.41. The number of ether oxygens (including phenoxy) is 1. The molecule has 0 spiro atoms. The SMILES string of the molecule is O=C1COc2ccc(Br)cc2-c2nc(-c3ccc(F)cc3)c(-c3ccc(F)cc3)n21. The van der Waals surface area contributed by atoms with Crippen molar-refractivity contribution < 1.29 is 18.3 Å². The van der Waals surface area contributed by atoms with Crippen LogP contribution in [0.25, 0.3) is 33.9 Å². The van der Waals surface area contributed by atoms with Crippen LogP contribution in [-0.4, -0.2) is 22.1 Å². The minimum absolute atomic E-state index is 0.172. The van der Waals surface area contributed by atoms with Crippen LogP contribution in [0.5, 0.6) is 5.75 Å². The van der Waals surface area contributed by atoms with E-state index < -0.39 is 0 Å². The first-order valence-corrected chi connectivity index (χ1v) is 9.91. The van der Waals surface area contributed by atoms with Crippen molar-refractivity contribution >= 4 is 21.8 Å². The van der Waals surface area contributed by atoms with Gasteiger partial charge in [-0.2, -0.15) is 0 Å². The van der Waals surface area contributed by atoms with Crippen LogP contribution in [0.1, 0.15) is 4.79 Å². The van der Waals surface area contributed by atoms with E-state index in [4.69, 9.17) is 9.72 Å². The Bertz CT molecular complexity index is 1280. The molecule has 7 heteroatoms. The fourth-order valence-corrected chi connectivity index (χ4v) is 3.89. The minimum atomic E-state index is -0.387. The quantitative estimate of drug-likeness (QED) is 0.366. The normalized spacial score (nSPS) is 12.7. The lowest BCUT2D eigenvalue weighted by atomic mass is 10.0. The highest BCUT2D eigenvalue weighted by atomic mass is 79.9. The van der Waals surface area contributed by atoms with Gasteiger partial charge in [0.15, 0.2) is 12.4 Å². The fraction of sp³-hybridized carbons (Fsp3) is 0.0435. The van der Waals surface area contributed by atoms with E-state index >= 15 is 0 Å². The van der Waals surface area contributed by atoms with Crippen molar-refractivity contribution in [3.05, 3.63) is 82.8 Å². The molecular formula is C23H13BrF2N2O2. The zero-order valence-corrected chi connectivity index (χ0v) is 17.0. The van der Waals surface area contributed by atoms with Crippen molar-refractivity contribution in [1.82, 2.24) is 9.55 Å². The molecule has 0 radical (unpaired) electrons. The molecule has 0 atom stereocenters. The van der Waals surface area contributed by atoms with Crippen LogP contribution in [0.4, 0.5) is 8.78 Å². The van der Waals surface area contributed by atoms with Crippen molar-refractivity contribution in [2.45, 2.75) is 0 Å². The molecule has 148 valence electrons. The molecule has 3 aromatic carbocycles. The van der Waals surface area contributed by atoms with E-state index in [0.717, 1.165) is 4.47 Å². The zero-order chi connectivity index (χ0) is 20.8. The molecule has 0 aliphatic carbocycles. The summed E-state index contributed by atoms with van der Waals surface area (Å²) >= 11 is 3.45. The van der Waals surface area contributed by atoms with Crippen molar-refractivity contribution in [3.63, 3.8) is 0 Å². The lowest BCUT2D eigenvalue weighted by Crippen LogP contribution is -2.18. The lowest BCUT2D eigenvalue weighted by molar-refractivity contribution is 0.0848. The van der Waals surface area contributed by atoms with Gasteiger partial charge >= 0.3 is 0 Å². The third-order valence-corrected chi connectivity index (χ3v) is 5.39. The maximum atomic E-state index is 13.6.